The van der Waals surface area contributed by atoms with Gasteiger partial charge in [0.1, 0.15) is 0 Å². The van der Waals surface area contributed by atoms with E-state index in [4.69, 9.17) is 0 Å². The normalized spacial score (nSPS) is 38.9. The van der Waals surface area contributed by atoms with Crippen LogP contribution in [0.15, 0.2) is 0 Å². The van der Waals surface area contributed by atoms with Crippen LogP contribution in [0.1, 0.15) is 64.7 Å². The fourth-order valence-corrected chi connectivity index (χ4v) is 4.73. The Labute approximate surface area is 110 Å². The Kier molecular flexibility index (Phi) is 5.46. The van der Waals surface area contributed by atoms with Crippen LogP contribution >= 0.6 is 0 Å². The van der Waals surface area contributed by atoms with Gasteiger partial charge >= 0.3 is 0 Å². The second kappa shape index (κ2) is 6.87. The zero-order valence-electron chi connectivity index (χ0n) is 11.6. The van der Waals surface area contributed by atoms with E-state index in [9.17, 15) is 0 Å². The lowest BCUT2D eigenvalue weighted by atomic mass is 9.74. The maximum atomic E-state index is 4.03. The molecule has 0 bridgehead atoms. The van der Waals surface area contributed by atoms with Crippen molar-refractivity contribution in [2.24, 2.45) is 23.7 Å². The van der Waals surface area contributed by atoms with Crippen LogP contribution < -0.4 is 0 Å². The highest BCUT2D eigenvalue weighted by Crippen LogP contribution is 2.38. The summed E-state index contributed by atoms with van der Waals surface area (Å²) in [7, 11) is 0.933. The maximum absolute atomic E-state index is 4.03. The van der Waals surface area contributed by atoms with Crippen molar-refractivity contribution in [3.8, 4) is 0 Å². The van der Waals surface area contributed by atoms with Crippen LogP contribution in [0.4, 0.5) is 0 Å². The monoisotopic (exact) mass is 249 g/mol. The van der Waals surface area contributed by atoms with Crippen molar-refractivity contribution in [1.82, 2.24) is 0 Å². The van der Waals surface area contributed by atoms with E-state index < -0.39 is 0 Å². The summed E-state index contributed by atoms with van der Waals surface area (Å²) >= 11 is 0. The first-order valence-corrected chi connectivity index (χ1v) is 9.19. The summed E-state index contributed by atoms with van der Waals surface area (Å²) in [6.45, 7) is 2.43. The molecule has 0 saturated heterocycles. The van der Waals surface area contributed by atoms with Gasteiger partial charge in [-0.25, -0.2) is 0 Å². The molecule has 1 radical (unpaired) electrons. The molecule has 0 N–H and O–H groups in total. The molecule has 0 aromatic rings. The average molecular weight is 249 g/mol. The van der Waals surface area contributed by atoms with Crippen LogP contribution in [0.25, 0.3) is 0 Å². The van der Waals surface area contributed by atoms with Crippen LogP contribution in [0.5, 0.6) is 0 Å². The molecule has 0 aliphatic heterocycles. The molecule has 0 spiro atoms. The Bertz CT molecular complexity index is 220. The highest BCUT2D eigenvalue weighted by atomic mass is 28.2. The van der Waals surface area contributed by atoms with Gasteiger partial charge < -0.3 is 0 Å². The number of hydrogen-bond donors (Lipinski definition) is 0. The fourth-order valence-electron chi connectivity index (χ4n) is 3.91. The van der Waals surface area contributed by atoms with Gasteiger partial charge in [0.2, 0.25) is 0 Å². The molecule has 0 unspecified atom stereocenters. The van der Waals surface area contributed by atoms with Gasteiger partial charge in [-0.05, 0) is 36.1 Å². The molecular formula is C16H29Si. The zero-order chi connectivity index (χ0) is 12.1. The van der Waals surface area contributed by atoms with E-state index in [0.717, 1.165) is 32.8 Å². The Hall–Kier alpha value is 0.0869. The van der Waals surface area contributed by atoms with E-state index in [1.165, 1.54) is 57.4 Å². The summed E-state index contributed by atoms with van der Waals surface area (Å²) in [4.78, 5) is 0. The molecule has 2 saturated carbocycles. The molecule has 0 heterocycles. The quantitative estimate of drug-likeness (QED) is 0.641. The largest absolute Gasteiger partial charge is 0.118 e. The van der Waals surface area contributed by atoms with Crippen LogP contribution in [0.2, 0.25) is 6.04 Å². The van der Waals surface area contributed by atoms with Crippen molar-refractivity contribution in [1.29, 1.82) is 0 Å². The first-order valence-electron chi connectivity index (χ1n) is 7.78. The zero-order valence-corrected chi connectivity index (χ0v) is 12.6. The molecule has 2 aliphatic rings. The van der Waals surface area contributed by atoms with Gasteiger partial charge in [-0.1, -0.05) is 58.3 Å². The SMILES string of the molecule is C=[Si]CC1CCC(CC2CCC(C)CC2)CC1. The third-order valence-electron chi connectivity index (χ3n) is 5.20. The third-order valence-corrected chi connectivity index (χ3v) is 6.07. The molecule has 0 atom stereocenters. The maximum Gasteiger partial charge on any atom is 0.0113 e. The second-order valence-electron chi connectivity index (χ2n) is 6.70. The Balaban J connectivity index is 1.66. The summed E-state index contributed by atoms with van der Waals surface area (Å²) < 4.78 is 0. The average Bonchev–Trinajstić information content (AvgIpc) is 2.35. The van der Waals surface area contributed by atoms with Crippen molar-refractivity contribution >= 4 is 15.3 Å². The molecule has 2 rings (SSSR count). The number of rotatable bonds is 4. The summed E-state index contributed by atoms with van der Waals surface area (Å²) in [6.07, 6.45) is 17.7. The molecule has 0 nitrogen and oxygen atoms in total. The lowest BCUT2D eigenvalue weighted by Crippen LogP contribution is -2.20. The van der Waals surface area contributed by atoms with Crippen LogP contribution in [0.3, 0.4) is 0 Å². The van der Waals surface area contributed by atoms with Crippen molar-refractivity contribution in [3.05, 3.63) is 0 Å². The minimum atomic E-state index is 0.933. The van der Waals surface area contributed by atoms with E-state index in [2.05, 4.69) is 13.1 Å². The molecule has 0 amide bonds. The van der Waals surface area contributed by atoms with E-state index in [1.807, 2.05) is 0 Å². The van der Waals surface area contributed by atoms with Gasteiger partial charge in [-0.3, -0.25) is 0 Å². The first-order chi connectivity index (χ1) is 8.28. The topological polar surface area (TPSA) is 0 Å². The van der Waals surface area contributed by atoms with Crippen molar-refractivity contribution in [2.45, 2.75) is 70.8 Å². The minimum absolute atomic E-state index is 0.933. The van der Waals surface area contributed by atoms with Crippen LogP contribution in [-0.2, 0) is 0 Å². The van der Waals surface area contributed by atoms with Gasteiger partial charge in [-0.15, -0.1) is 6.17 Å². The van der Waals surface area contributed by atoms with Gasteiger partial charge in [0.25, 0.3) is 0 Å². The molecule has 0 aromatic carbocycles. The fraction of sp³-hybridized carbons (Fsp3) is 0.938. The Morgan fingerprint density at radius 1 is 0.824 bits per heavy atom. The van der Waals surface area contributed by atoms with E-state index in [-0.39, 0.29) is 0 Å². The lowest BCUT2D eigenvalue weighted by molar-refractivity contribution is 0.201. The smallest absolute Gasteiger partial charge is 0.0113 e. The van der Waals surface area contributed by atoms with E-state index in [1.54, 1.807) is 6.42 Å². The van der Waals surface area contributed by atoms with E-state index >= 15 is 0 Å². The highest BCUT2D eigenvalue weighted by molar-refractivity contribution is 6.40. The molecule has 2 aliphatic carbocycles. The van der Waals surface area contributed by atoms with Crippen molar-refractivity contribution < 1.29 is 0 Å². The molecule has 17 heavy (non-hydrogen) atoms. The summed E-state index contributed by atoms with van der Waals surface area (Å²) in [5.74, 6) is 4.22. The Morgan fingerprint density at radius 3 is 1.82 bits per heavy atom. The minimum Gasteiger partial charge on any atom is -0.118 e. The predicted octanol–water partition coefficient (Wildman–Crippen LogP) is 4.56. The molecule has 2 fully saturated rings. The summed E-state index contributed by atoms with van der Waals surface area (Å²) in [6, 6.07) is 1.41. The molecule has 1 heteroatoms. The lowest BCUT2D eigenvalue weighted by Gasteiger charge is -2.33. The van der Waals surface area contributed by atoms with Gasteiger partial charge in [-0.2, -0.15) is 0 Å². The molecular weight excluding hydrogens is 220 g/mol. The summed E-state index contributed by atoms with van der Waals surface area (Å²) in [5, 5.41) is 0. The van der Waals surface area contributed by atoms with Gasteiger partial charge in [0, 0.05) is 9.13 Å². The Morgan fingerprint density at radius 2 is 1.29 bits per heavy atom. The van der Waals surface area contributed by atoms with E-state index in [0.29, 0.717) is 0 Å². The van der Waals surface area contributed by atoms with Crippen molar-refractivity contribution in [2.75, 3.05) is 0 Å². The predicted molar refractivity (Wildman–Crippen MR) is 78.9 cm³/mol. The molecule has 0 aromatic heterocycles. The van der Waals surface area contributed by atoms with Crippen LogP contribution in [-0.4, -0.2) is 15.3 Å². The standard InChI is InChI=1S/C16H29Si/c1-13-3-5-14(6-4-13)11-15-7-9-16(10-8-15)12-17-2/h13-16H,2-12H2,1H3. The third kappa shape index (κ3) is 4.35. The van der Waals surface area contributed by atoms with Gasteiger partial charge in [0.15, 0.2) is 0 Å². The number of hydrogen-bond acceptors (Lipinski definition) is 0. The summed E-state index contributed by atoms with van der Waals surface area (Å²) in [5.41, 5.74) is 0. The van der Waals surface area contributed by atoms with Gasteiger partial charge in [0.05, 0.1) is 0 Å². The highest BCUT2D eigenvalue weighted by Gasteiger charge is 2.25. The first kappa shape index (κ1) is 13.5. The molecule has 97 valence electrons. The van der Waals surface area contributed by atoms with Crippen LogP contribution in [0, 0.1) is 23.7 Å². The second-order valence-corrected chi connectivity index (χ2v) is 7.61. The van der Waals surface area contributed by atoms with Crippen molar-refractivity contribution in [3.63, 3.8) is 0 Å².